The first-order chi connectivity index (χ1) is 14.3. The number of para-hydroxylation sites is 1. The van der Waals surface area contributed by atoms with Crippen molar-refractivity contribution in [2.75, 3.05) is 5.32 Å². The molecule has 2 aromatic heterocycles. The van der Waals surface area contributed by atoms with Gasteiger partial charge in [0.05, 0.1) is 28.3 Å². The third-order valence-electron chi connectivity index (χ3n) is 4.31. The SMILES string of the molecule is Cc1nn(-c2ccccc2)nc1C(=O)Nc1cc(C(F)(F)F)ccc1-n1cccn1. The summed E-state index contributed by atoms with van der Waals surface area (Å²) in [6, 6.07) is 13.6. The number of hydrogen-bond acceptors (Lipinski definition) is 4. The molecule has 0 aliphatic carbocycles. The van der Waals surface area contributed by atoms with Crippen molar-refractivity contribution in [1.82, 2.24) is 24.8 Å². The lowest BCUT2D eigenvalue weighted by atomic mass is 10.1. The maximum absolute atomic E-state index is 13.2. The van der Waals surface area contributed by atoms with Crippen molar-refractivity contribution in [1.29, 1.82) is 0 Å². The number of aryl methyl sites for hydroxylation is 1. The Morgan fingerprint density at radius 2 is 1.80 bits per heavy atom. The van der Waals surface area contributed by atoms with Crippen molar-refractivity contribution < 1.29 is 18.0 Å². The maximum atomic E-state index is 13.2. The number of carbonyl (C=O) groups is 1. The van der Waals surface area contributed by atoms with Gasteiger partial charge in [0, 0.05) is 12.4 Å². The first kappa shape index (κ1) is 19.4. The number of anilines is 1. The number of carbonyl (C=O) groups excluding carboxylic acids is 1. The highest BCUT2D eigenvalue weighted by Gasteiger charge is 2.31. The lowest BCUT2D eigenvalue weighted by molar-refractivity contribution is -0.137. The highest BCUT2D eigenvalue weighted by atomic mass is 19.4. The van der Waals surface area contributed by atoms with Crippen LogP contribution in [0, 0.1) is 6.92 Å². The molecule has 4 rings (SSSR count). The zero-order chi connectivity index (χ0) is 21.3. The van der Waals surface area contributed by atoms with Crippen molar-refractivity contribution in [2.24, 2.45) is 0 Å². The predicted molar refractivity (Wildman–Crippen MR) is 103 cm³/mol. The summed E-state index contributed by atoms with van der Waals surface area (Å²) in [6.45, 7) is 1.60. The van der Waals surface area contributed by atoms with Crippen LogP contribution >= 0.6 is 0 Å². The molecule has 0 aliphatic heterocycles. The number of aromatic nitrogens is 5. The number of nitrogens with one attached hydrogen (secondary N) is 1. The Labute approximate surface area is 168 Å². The molecule has 1 N–H and O–H groups in total. The Morgan fingerprint density at radius 1 is 1.03 bits per heavy atom. The third-order valence-corrected chi connectivity index (χ3v) is 4.31. The first-order valence-electron chi connectivity index (χ1n) is 8.85. The van der Waals surface area contributed by atoms with Crippen LogP contribution in [-0.2, 0) is 6.18 Å². The van der Waals surface area contributed by atoms with Gasteiger partial charge in [-0.1, -0.05) is 18.2 Å². The predicted octanol–water partition coefficient (Wildman–Crippen LogP) is 4.03. The van der Waals surface area contributed by atoms with Gasteiger partial charge in [0.15, 0.2) is 5.69 Å². The van der Waals surface area contributed by atoms with Crippen LogP contribution in [0.4, 0.5) is 18.9 Å². The van der Waals surface area contributed by atoms with Crippen LogP contribution in [0.15, 0.2) is 67.0 Å². The van der Waals surface area contributed by atoms with E-state index < -0.39 is 17.6 Å². The zero-order valence-electron chi connectivity index (χ0n) is 15.6. The number of rotatable bonds is 4. The molecule has 0 saturated heterocycles. The highest BCUT2D eigenvalue weighted by molar-refractivity contribution is 6.04. The molecule has 7 nitrogen and oxygen atoms in total. The zero-order valence-corrected chi connectivity index (χ0v) is 15.6. The lowest BCUT2D eigenvalue weighted by Gasteiger charge is -2.14. The van der Waals surface area contributed by atoms with E-state index in [4.69, 9.17) is 0 Å². The minimum absolute atomic E-state index is 0.00248. The summed E-state index contributed by atoms with van der Waals surface area (Å²) >= 11 is 0. The van der Waals surface area contributed by atoms with Gasteiger partial charge in [-0.25, -0.2) is 4.68 Å². The minimum atomic E-state index is -4.56. The number of hydrogen-bond donors (Lipinski definition) is 1. The van der Waals surface area contributed by atoms with Crippen LogP contribution in [0.1, 0.15) is 21.7 Å². The minimum Gasteiger partial charge on any atom is -0.319 e. The summed E-state index contributed by atoms with van der Waals surface area (Å²) in [5.74, 6) is -0.678. The van der Waals surface area contributed by atoms with Crippen LogP contribution in [0.5, 0.6) is 0 Å². The van der Waals surface area contributed by atoms with Crippen LogP contribution < -0.4 is 5.32 Å². The molecule has 1 amide bonds. The average Bonchev–Trinajstić information content (AvgIpc) is 3.38. The quantitative estimate of drug-likeness (QED) is 0.549. The van der Waals surface area contributed by atoms with Crippen molar-refractivity contribution in [3.8, 4) is 11.4 Å². The second-order valence-electron chi connectivity index (χ2n) is 6.39. The van der Waals surface area contributed by atoms with E-state index in [2.05, 4.69) is 20.6 Å². The van der Waals surface area contributed by atoms with Crippen molar-refractivity contribution in [2.45, 2.75) is 13.1 Å². The van der Waals surface area contributed by atoms with Crippen molar-refractivity contribution >= 4 is 11.6 Å². The number of halogens is 3. The summed E-state index contributed by atoms with van der Waals surface area (Å²) in [5.41, 5.74) is 0.336. The van der Waals surface area contributed by atoms with Gasteiger partial charge in [0.1, 0.15) is 0 Å². The second kappa shape index (κ2) is 7.47. The molecule has 152 valence electrons. The van der Waals surface area contributed by atoms with E-state index >= 15 is 0 Å². The fraction of sp³-hybridized carbons (Fsp3) is 0.100. The number of benzene rings is 2. The molecule has 2 aromatic carbocycles. The van der Waals surface area contributed by atoms with Gasteiger partial charge in [0.25, 0.3) is 5.91 Å². The fourth-order valence-corrected chi connectivity index (χ4v) is 2.87. The summed E-state index contributed by atoms with van der Waals surface area (Å²) in [4.78, 5) is 14.1. The van der Waals surface area contributed by atoms with E-state index in [0.717, 1.165) is 12.1 Å². The largest absolute Gasteiger partial charge is 0.416 e. The van der Waals surface area contributed by atoms with Gasteiger partial charge in [-0.3, -0.25) is 4.79 Å². The summed E-state index contributed by atoms with van der Waals surface area (Å²) < 4.78 is 41.0. The normalized spacial score (nSPS) is 11.5. The molecule has 0 fully saturated rings. The maximum Gasteiger partial charge on any atom is 0.416 e. The number of alkyl halides is 3. The molecule has 30 heavy (non-hydrogen) atoms. The number of nitrogens with zero attached hydrogens (tertiary/aromatic N) is 5. The van der Waals surface area contributed by atoms with E-state index in [1.807, 2.05) is 6.07 Å². The molecule has 0 bridgehead atoms. The topological polar surface area (TPSA) is 77.6 Å². The van der Waals surface area contributed by atoms with Gasteiger partial charge in [-0.15, -0.1) is 5.10 Å². The van der Waals surface area contributed by atoms with Gasteiger partial charge < -0.3 is 5.32 Å². The Balaban J connectivity index is 1.70. The first-order valence-corrected chi connectivity index (χ1v) is 8.85. The highest BCUT2D eigenvalue weighted by Crippen LogP contribution is 2.33. The van der Waals surface area contributed by atoms with Crippen LogP contribution in [0.3, 0.4) is 0 Å². The molecule has 4 aromatic rings. The molecule has 0 aliphatic rings. The second-order valence-corrected chi connectivity index (χ2v) is 6.39. The van der Waals surface area contributed by atoms with Crippen LogP contribution in [0.2, 0.25) is 0 Å². The molecule has 0 atom stereocenters. The molecule has 0 unspecified atom stereocenters. The van der Waals surface area contributed by atoms with E-state index in [0.29, 0.717) is 11.4 Å². The van der Waals surface area contributed by atoms with E-state index in [1.54, 1.807) is 43.5 Å². The van der Waals surface area contributed by atoms with Gasteiger partial charge in [-0.2, -0.15) is 28.2 Å². The molecule has 0 radical (unpaired) electrons. The van der Waals surface area contributed by atoms with Gasteiger partial charge in [0.2, 0.25) is 0 Å². The Hall–Kier alpha value is -3.95. The van der Waals surface area contributed by atoms with Crippen LogP contribution in [0.25, 0.3) is 11.4 Å². The lowest BCUT2D eigenvalue weighted by Crippen LogP contribution is -2.17. The summed E-state index contributed by atoms with van der Waals surface area (Å²) in [5, 5.41) is 15.0. The summed E-state index contributed by atoms with van der Waals surface area (Å²) in [6.07, 6.45) is -1.51. The molecule has 10 heteroatoms. The fourth-order valence-electron chi connectivity index (χ4n) is 2.87. The molecule has 2 heterocycles. The Bertz CT molecular complexity index is 1180. The van der Waals surface area contributed by atoms with Crippen molar-refractivity contribution in [3.63, 3.8) is 0 Å². The Kier molecular flexibility index (Phi) is 4.82. The molecular weight excluding hydrogens is 397 g/mol. The van der Waals surface area contributed by atoms with E-state index in [1.165, 1.54) is 21.7 Å². The third kappa shape index (κ3) is 3.79. The Morgan fingerprint density at radius 3 is 2.47 bits per heavy atom. The summed E-state index contributed by atoms with van der Waals surface area (Å²) in [7, 11) is 0. The molecule has 0 saturated carbocycles. The smallest absolute Gasteiger partial charge is 0.319 e. The van der Waals surface area contributed by atoms with E-state index in [9.17, 15) is 18.0 Å². The van der Waals surface area contributed by atoms with Crippen molar-refractivity contribution in [3.05, 3.63) is 83.9 Å². The molecular formula is C20H15F3N6O. The van der Waals surface area contributed by atoms with Gasteiger partial charge >= 0.3 is 6.18 Å². The average molecular weight is 412 g/mol. The van der Waals surface area contributed by atoms with Crippen LogP contribution in [-0.4, -0.2) is 30.7 Å². The monoisotopic (exact) mass is 412 g/mol. The standard InChI is InChI=1S/C20H15F3N6O/c1-13-18(27-29(26-13)15-6-3-2-4-7-15)19(30)25-16-12-14(20(21,22)23)8-9-17(16)28-11-5-10-24-28/h2-12H,1H3,(H,25,30). The van der Waals surface area contributed by atoms with Gasteiger partial charge in [-0.05, 0) is 43.3 Å². The molecule has 0 spiro atoms. The number of amides is 1. The van der Waals surface area contributed by atoms with E-state index in [-0.39, 0.29) is 17.1 Å².